The van der Waals surface area contributed by atoms with E-state index in [0.717, 1.165) is 11.4 Å². The highest BCUT2D eigenvalue weighted by Crippen LogP contribution is 2.33. The quantitative estimate of drug-likeness (QED) is 0.573. The minimum absolute atomic E-state index is 0.114. The Bertz CT molecular complexity index is 1070. The van der Waals surface area contributed by atoms with Crippen molar-refractivity contribution in [1.29, 1.82) is 0 Å². The van der Waals surface area contributed by atoms with E-state index >= 15 is 0 Å². The molecule has 0 N–H and O–H groups in total. The lowest BCUT2D eigenvalue weighted by Crippen LogP contribution is -2.46. The van der Waals surface area contributed by atoms with Gasteiger partial charge in [0.1, 0.15) is 5.75 Å². The fraction of sp³-hybridized carbons (Fsp3) is 0.208. The Labute approximate surface area is 186 Å². The molecule has 0 spiro atoms. The predicted octanol–water partition coefficient (Wildman–Crippen LogP) is 4.47. The van der Waals surface area contributed by atoms with Gasteiger partial charge >= 0.3 is 0 Å². The molecule has 3 aromatic rings. The molecule has 2 aromatic carbocycles. The van der Waals surface area contributed by atoms with E-state index in [-0.39, 0.29) is 24.8 Å². The maximum absolute atomic E-state index is 13.3. The normalized spacial score (nSPS) is 15.2. The number of anilines is 2. The van der Waals surface area contributed by atoms with Crippen molar-refractivity contribution in [2.45, 2.75) is 26.0 Å². The topological polar surface area (TPSA) is 62.7 Å². The summed E-state index contributed by atoms with van der Waals surface area (Å²) in [7, 11) is 0. The zero-order valence-electron chi connectivity index (χ0n) is 17.1. The molecule has 1 atom stereocenters. The van der Waals surface area contributed by atoms with Crippen molar-refractivity contribution in [2.24, 2.45) is 0 Å². The molecule has 2 amide bonds. The number of amides is 2. The Morgan fingerprint density at radius 1 is 1.10 bits per heavy atom. The molecule has 1 aliphatic heterocycles. The van der Waals surface area contributed by atoms with Crippen LogP contribution in [0.2, 0.25) is 5.02 Å². The number of ether oxygens (including phenoxy) is 1. The van der Waals surface area contributed by atoms with Gasteiger partial charge in [0.25, 0.3) is 5.91 Å². The lowest BCUT2D eigenvalue weighted by molar-refractivity contribution is -0.125. The van der Waals surface area contributed by atoms with E-state index in [0.29, 0.717) is 23.0 Å². The molecule has 4 rings (SSSR count). The van der Waals surface area contributed by atoms with Gasteiger partial charge in [0.05, 0.1) is 17.9 Å². The van der Waals surface area contributed by atoms with E-state index in [9.17, 15) is 9.59 Å². The van der Waals surface area contributed by atoms with Gasteiger partial charge in [-0.3, -0.25) is 14.6 Å². The van der Waals surface area contributed by atoms with Gasteiger partial charge < -0.3 is 14.5 Å². The average molecular weight is 436 g/mol. The van der Waals surface area contributed by atoms with Crippen LogP contribution >= 0.6 is 11.6 Å². The van der Waals surface area contributed by atoms with E-state index < -0.39 is 6.10 Å². The van der Waals surface area contributed by atoms with Crippen LogP contribution in [-0.2, 0) is 16.1 Å². The predicted molar refractivity (Wildman–Crippen MR) is 120 cm³/mol. The largest absolute Gasteiger partial charge is 0.479 e. The van der Waals surface area contributed by atoms with Gasteiger partial charge in [-0.15, -0.1) is 0 Å². The number of pyridine rings is 1. The van der Waals surface area contributed by atoms with Crippen molar-refractivity contribution in [3.63, 3.8) is 0 Å². The van der Waals surface area contributed by atoms with Crippen LogP contribution in [-0.4, -0.2) is 29.4 Å². The Morgan fingerprint density at radius 3 is 2.58 bits per heavy atom. The molecule has 158 valence electrons. The summed E-state index contributed by atoms with van der Waals surface area (Å²) < 4.78 is 5.68. The lowest BCUT2D eigenvalue weighted by atomic mass is 10.1. The molecule has 31 heavy (non-hydrogen) atoms. The minimum Gasteiger partial charge on any atom is -0.479 e. The maximum Gasteiger partial charge on any atom is 0.267 e. The maximum atomic E-state index is 13.3. The van der Waals surface area contributed by atoms with Crippen LogP contribution in [0.5, 0.6) is 5.75 Å². The molecule has 1 aromatic heterocycles. The number of rotatable bonds is 6. The van der Waals surface area contributed by atoms with E-state index in [4.69, 9.17) is 16.3 Å². The van der Waals surface area contributed by atoms with Gasteiger partial charge in [-0.1, -0.05) is 29.8 Å². The number of hydrogen-bond acceptors (Lipinski definition) is 4. The molecule has 0 fully saturated rings. The van der Waals surface area contributed by atoms with Crippen molar-refractivity contribution in [3.8, 4) is 5.75 Å². The van der Waals surface area contributed by atoms with Crippen LogP contribution in [0.15, 0.2) is 72.9 Å². The highest BCUT2D eigenvalue weighted by molar-refractivity contribution is 6.30. The van der Waals surface area contributed by atoms with Crippen molar-refractivity contribution in [2.75, 3.05) is 16.3 Å². The molecule has 0 aliphatic carbocycles. The molecule has 0 radical (unpaired) electrons. The van der Waals surface area contributed by atoms with Crippen molar-refractivity contribution in [1.82, 2.24) is 4.98 Å². The Kier molecular flexibility index (Phi) is 6.18. The summed E-state index contributed by atoms with van der Waals surface area (Å²) in [5.74, 6) is 0.372. The first kappa shape index (κ1) is 20.9. The molecule has 0 saturated heterocycles. The molecular formula is C24H22ClN3O3. The Hall–Kier alpha value is -3.38. The number of hydrogen-bond donors (Lipinski definition) is 0. The molecule has 7 heteroatoms. The minimum atomic E-state index is -0.592. The number of para-hydroxylation sites is 2. The van der Waals surface area contributed by atoms with Gasteiger partial charge in [0, 0.05) is 29.9 Å². The summed E-state index contributed by atoms with van der Waals surface area (Å²) in [6, 6.07) is 20.1. The van der Waals surface area contributed by atoms with Gasteiger partial charge in [-0.25, -0.2) is 0 Å². The van der Waals surface area contributed by atoms with E-state index in [1.54, 1.807) is 47.2 Å². The zero-order valence-corrected chi connectivity index (χ0v) is 17.8. The number of nitrogens with zero attached hydrogens (tertiary/aromatic N) is 3. The number of aromatic nitrogens is 1. The lowest BCUT2D eigenvalue weighted by Gasteiger charge is -2.33. The van der Waals surface area contributed by atoms with E-state index in [1.807, 2.05) is 42.5 Å². The molecule has 2 heterocycles. The summed E-state index contributed by atoms with van der Waals surface area (Å²) in [4.78, 5) is 33.6. The molecular weight excluding hydrogens is 414 g/mol. The number of benzene rings is 2. The van der Waals surface area contributed by atoms with Gasteiger partial charge in [0.2, 0.25) is 5.91 Å². The third-order valence-electron chi connectivity index (χ3n) is 5.11. The highest BCUT2D eigenvalue weighted by Gasteiger charge is 2.31. The molecule has 0 bridgehead atoms. The van der Waals surface area contributed by atoms with Crippen molar-refractivity contribution < 1.29 is 14.3 Å². The van der Waals surface area contributed by atoms with Gasteiger partial charge in [-0.05, 0) is 55.5 Å². The summed E-state index contributed by atoms with van der Waals surface area (Å²) in [5, 5.41) is 0.596. The fourth-order valence-corrected chi connectivity index (χ4v) is 3.66. The van der Waals surface area contributed by atoms with Crippen LogP contribution in [0.3, 0.4) is 0 Å². The fourth-order valence-electron chi connectivity index (χ4n) is 3.53. The second-order valence-corrected chi connectivity index (χ2v) is 7.68. The second-order valence-electron chi connectivity index (χ2n) is 7.25. The van der Waals surface area contributed by atoms with Crippen LogP contribution in [0, 0.1) is 0 Å². The van der Waals surface area contributed by atoms with Crippen LogP contribution in [0.4, 0.5) is 11.4 Å². The molecule has 6 nitrogen and oxygen atoms in total. The molecule has 1 unspecified atom stereocenters. The Morgan fingerprint density at radius 2 is 1.84 bits per heavy atom. The summed E-state index contributed by atoms with van der Waals surface area (Å²) in [6.07, 6.45) is 1.26. The smallest absolute Gasteiger partial charge is 0.267 e. The van der Waals surface area contributed by atoms with E-state index in [1.165, 1.54) is 0 Å². The molecule has 0 saturated carbocycles. The van der Waals surface area contributed by atoms with Crippen LogP contribution < -0.4 is 14.5 Å². The van der Waals surface area contributed by atoms with Gasteiger partial charge in [0.15, 0.2) is 6.10 Å². The number of carbonyl (C=O) groups excluding carboxylic acids is 2. The number of halogens is 1. The summed E-state index contributed by atoms with van der Waals surface area (Å²) in [5.41, 5.74) is 2.18. The number of carbonyl (C=O) groups is 2. The molecule has 1 aliphatic rings. The zero-order chi connectivity index (χ0) is 21.8. The van der Waals surface area contributed by atoms with Crippen LogP contribution in [0.1, 0.15) is 19.0 Å². The number of fused-ring (bicyclic) bond motifs is 1. The van der Waals surface area contributed by atoms with Crippen molar-refractivity contribution >= 4 is 34.8 Å². The standard InChI is InChI=1S/C24H22ClN3O3/c1-17-24(30)27(21-7-2-3-8-22(21)31-17)15-13-23(29)28(16-19-6-4-5-14-26-19)20-11-9-18(25)10-12-20/h2-12,14,17H,13,15-16H2,1H3. The highest BCUT2D eigenvalue weighted by atomic mass is 35.5. The van der Waals surface area contributed by atoms with Crippen LogP contribution in [0.25, 0.3) is 0 Å². The average Bonchev–Trinajstić information content (AvgIpc) is 2.79. The third kappa shape index (κ3) is 4.70. The third-order valence-corrected chi connectivity index (χ3v) is 5.36. The second kappa shape index (κ2) is 9.18. The van der Waals surface area contributed by atoms with Crippen molar-refractivity contribution in [3.05, 3.63) is 83.6 Å². The first-order valence-electron chi connectivity index (χ1n) is 10.1. The Balaban J connectivity index is 1.55. The first-order chi connectivity index (χ1) is 15.0. The van der Waals surface area contributed by atoms with Gasteiger partial charge in [-0.2, -0.15) is 0 Å². The van der Waals surface area contributed by atoms with E-state index in [2.05, 4.69) is 4.98 Å². The summed E-state index contributed by atoms with van der Waals surface area (Å²) >= 11 is 6.02. The summed E-state index contributed by atoms with van der Waals surface area (Å²) in [6.45, 7) is 2.30. The SMILES string of the molecule is CC1Oc2ccccc2N(CCC(=O)N(Cc2ccccn2)c2ccc(Cl)cc2)C1=O. The monoisotopic (exact) mass is 435 g/mol. The first-order valence-corrected chi connectivity index (χ1v) is 10.4.